The summed E-state index contributed by atoms with van der Waals surface area (Å²) in [4.78, 5) is 24.2. The van der Waals surface area contributed by atoms with Crippen LogP contribution >= 0.6 is 0 Å². The molecule has 1 aliphatic rings. The van der Waals surface area contributed by atoms with E-state index in [4.69, 9.17) is 4.42 Å². The number of carbonyl (C=O) groups is 1. The van der Waals surface area contributed by atoms with E-state index in [0.29, 0.717) is 24.2 Å². The standard InChI is InChI=1S/C28H34N6O2/c1-17(2)25-22-15-21(6-7-23(22)30-26(25)20-8-11-29-18(3)14-20)28-32-31-27(36-28)19-9-12-34(13-10-19)24(35)16-33(4)5/h6-8,11,14-15,17,19,30H,9-10,12-13,16H2,1-5H3. The van der Waals surface area contributed by atoms with Crippen LogP contribution in [-0.2, 0) is 4.79 Å². The molecule has 0 bridgehead atoms. The fourth-order valence-electron chi connectivity index (χ4n) is 5.14. The Bertz CT molecular complexity index is 1380. The third kappa shape index (κ3) is 4.78. The number of likely N-dealkylation sites (tertiary alicyclic amines) is 1. The molecule has 3 aromatic heterocycles. The monoisotopic (exact) mass is 486 g/mol. The first kappa shape index (κ1) is 24.2. The molecule has 1 saturated heterocycles. The number of rotatable bonds is 6. The summed E-state index contributed by atoms with van der Waals surface area (Å²) in [5.41, 5.74) is 6.53. The fourth-order valence-corrected chi connectivity index (χ4v) is 5.14. The molecule has 188 valence electrons. The van der Waals surface area contributed by atoms with Crippen molar-refractivity contribution in [2.75, 3.05) is 33.7 Å². The molecule has 1 aliphatic heterocycles. The number of aryl methyl sites for hydroxylation is 1. The number of amides is 1. The van der Waals surface area contributed by atoms with E-state index in [-0.39, 0.29) is 11.8 Å². The van der Waals surface area contributed by atoms with Gasteiger partial charge in [-0.05, 0) is 75.7 Å². The van der Waals surface area contributed by atoms with Gasteiger partial charge in [-0.3, -0.25) is 9.78 Å². The first-order valence-corrected chi connectivity index (χ1v) is 12.6. The molecule has 0 aliphatic carbocycles. The summed E-state index contributed by atoms with van der Waals surface area (Å²) < 4.78 is 6.17. The van der Waals surface area contributed by atoms with Crippen molar-refractivity contribution >= 4 is 16.8 Å². The van der Waals surface area contributed by atoms with Gasteiger partial charge in [-0.15, -0.1) is 10.2 Å². The lowest BCUT2D eigenvalue weighted by atomic mass is 9.95. The van der Waals surface area contributed by atoms with Crippen molar-refractivity contribution in [3.63, 3.8) is 0 Å². The molecule has 0 spiro atoms. The largest absolute Gasteiger partial charge is 0.420 e. The summed E-state index contributed by atoms with van der Waals surface area (Å²) >= 11 is 0. The minimum absolute atomic E-state index is 0.173. The van der Waals surface area contributed by atoms with Gasteiger partial charge in [0.05, 0.1) is 12.2 Å². The van der Waals surface area contributed by atoms with Gasteiger partial charge in [-0.1, -0.05) is 13.8 Å². The number of H-pyrrole nitrogens is 1. The number of carbonyl (C=O) groups excluding carboxylic acids is 1. The number of benzene rings is 1. The van der Waals surface area contributed by atoms with Crippen molar-refractivity contribution in [1.82, 2.24) is 30.0 Å². The van der Waals surface area contributed by atoms with Crippen LogP contribution in [0.2, 0.25) is 0 Å². The van der Waals surface area contributed by atoms with Gasteiger partial charge in [-0.25, -0.2) is 0 Å². The Morgan fingerprint density at radius 3 is 2.61 bits per heavy atom. The molecule has 4 heterocycles. The fraction of sp³-hybridized carbons (Fsp3) is 0.429. The van der Waals surface area contributed by atoms with Crippen LogP contribution in [0.1, 0.15) is 55.7 Å². The lowest BCUT2D eigenvalue weighted by Gasteiger charge is -2.31. The first-order valence-electron chi connectivity index (χ1n) is 12.6. The molecule has 5 rings (SSSR count). The Labute approximate surface area is 211 Å². The van der Waals surface area contributed by atoms with Gasteiger partial charge < -0.3 is 19.2 Å². The number of nitrogens with zero attached hydrogens (tertiary/aromatic N) is 5. The Kier molecular flexibility index (Phi) is 6.62. The van der Waals surface area contributed by atoms with E-state index >= 15 is 0 Å². The highest BCUT2D eigenvalue weighted by molar-refractivity contribution is 5.93. The maximum absolute atomic E-state index is 12.4. The zero-order valence-corrected chi connectivity index (χ0v) is 21.7. The summed E-state index contributed by atoms with van der Waals surface area (Å²) in [6.07, 6.45) is 3.53. The van der Waals surface area contributed by atoms with Gasteiger partial charge in [0.25, 0.3) is 0 Å². The molecule has 1 amide bonds. The molecule has 8 heteroatoms. The summed E-state index contributed by atoms with van der Waals surface area (Å²) in [7, 11) is 3.83. The predicted octanol–water partition coefficient (Wildman–Crippen LogP) is 4.98. The minimum atomic E-state index is 0.173. The number of nitrogens with one attached hydrogen (secondary N) is 1. The van der Waals surface area contributed by atoms with E-state index < -0.39 is 0 Å². The van der Waals surface area contributed by atoms with E-state index in [1.54, 1.807) is 0 Å². The number of pyridine rings is 1. The molecule has 0 unspecified atom stereocenters. The zero-order chi connectivity index (χ0) is 25.4. The molecule has 0 radical (unpaired) electrons. The molecule has 1 fully saturated rings. The molecule has 36 heavy (non-hydrogen) atoms. The molecular formula is C28H34N6O2. The quantitative estimate of drug-likeness (QED) is 0.413. The van der Waals surface area contributed by atoms with Gasteiger partial charge in [0.2, 0.25) is 17.7 Å². The van der Waals surface area contributed by atoms with Crippen LogP contribution in [0.15, 0.2) is 40.9 Å². The molecule has 4 aromatic rings. The number of hydrogen-bond donors (Lipinski definition) is 1. The average Bonchev–Trinajstić information content (AvgIpc) is 3.49. The number of likely N-dealkylation sites (N-methyl/N-ethyl adjacent to an activating group) is 1. The molecule has 1 aromatic carbocycles. The van der Waals surface area contributed by atoms with Gasteiger partial charge in [0.1, 0.15) is 0 Å². The second-order valence-electron chi connectivity index (χ2n) is 10.4. The highest BCUT2D eigenvalue weighted by Gasteiger charge is 2.28. The second kappa shape index (κ2) is 9.85. The van der Waals surface area contributed by atoms with Gasteiger partial charge >= 0.3 is 0 Å². The van der Waals surface area contributed by atoms with Crippen molar-refractivity contribution in [3.05, 3.63) is 53.7 Å². The van der Waals surface area contributed by atoms with Gasteiger partial charge in [0, 0.05) is 52.9 Å². The molecule has 1 N–H and O–H groups in total. The SMILES string of the molecule is Cc1cc(-c2[nH]c3ccc(-c4nnc(C5CCN(C(=O)CN(C)C)CC5)o4)cc3c2C(C)C)ccn1. The van der Waals surface area contributed by atoms with Crippen molar-refractivity contribution in [2.24, 2.45) is 0 Å². The van der Waals surface area contributed by atoms with E-state index in [9.17, 15) is 4.79 Å². The maximum Gasteiger partial charge on any atom is 0.247 e. The van der Waals surface area contributed by atoms with Crippen molar-refractivity contribution in [2.45, 2.75) is 45.4 Å². The van der Waals surface area contributed by atoms with Crippen LogP contribution in [0.25, 0.3) is 33.6 Å². The topological polar surface area (TPSA) is 91.2 Å². The van der Waals surface area contributed by atoms with Crippen molar-refractivity contribution in [1.29, 1.82) is 0 Å². The summed E-state index contributed by atoms with van der Waals surface area (Å²) in [6, 6.07) is 10.4. The number of aromatic nitrogens is 4. The third-order valence-electron chi connectivity index (χ3n) is 6.94. The van der Waals surface area contributed by atoms with E-state index in [0.717, 1.165) is 54.0 Å². The third-order valence-corrected chi connectivity index (χ3v) is 6.94. The van der Waals surface area contributed by atoms with Crippen LogP contribution in [0, 0.1) is 6.92 Å². The number of aromatic amines is 1. The van der Waals surface area contributed by atoms with Crippen molar-refractivity contribution in [3.8, 4) is 22.7 Å². The van der Waals surface area contributed by atoms with Crippen LogP contribution in [0.3, 0.4) is 0 Å². The Hall–Kier alpha value is -3.52. The average molecular weight is 487 g/mol. The molecule has 0 saturated carbocycles. The van der Waals surface area contributed by atoms with Gasteiger partial charge in [0.15, 0.2) is 0 Å². The number of fused-ring (bicyclic) bond motifs is 1. The highest BCUT2D eigenvalue weighted by atomic mass is 16.4. The lowest BCUT2D eigenvalue weighted by molar-refractivity contribution is -0.132. The Balaban J connectivity index is 1.39. The Morgan fingerprint density at radius 1 is 1.14 bits per heavy atom. The Morgan fingerprint density at radius 2 is 1.92 bits per heavy atom. The van der Waals surface area contributed by atoms with Crippen LogP contribution in [0.4, 0.5) is 0 Å². The summed E-state index contributed by atoms with van der Waals surface area (Å²) in [6.45, 7) is 8.33. The van der Waals surface area contributed by atoms with Crippen molar-refractivity contribution < 1.29 is 9.21 Å². The summed E-state index contributed by atoms with van der Waals surface area (Å²) in [5, 5.41) is 9.95. The lowest BCUT2D eigenvalue weighted by Crippen LogP contribution is -2.42. The summed E-state index contributed by atoms with van der Waals surface area (Å²) in [5.74, 6) is 1.88. The molecule has 0 atom stereocenters. The van der Waals surface area contributed by atoms with E-state index in [1.165, 1.54) is 10.9 Å². The molecule has 8 nitrogen and oxygen atoms in total. The predicted molar refractivity (Wildman–Crippen MR) is 141 cm³/mol. The highest BCUT2D eigenvalue weighted by Crippen LogP contribution is 2.38. The second-order valence-corrected chi connectivity index (χ2v) is 10.4. The van der Waals surface area contributed by atoms with E-state index in [1.807, 2.05) is 49.1 Å². The zero-order valence-electron chi connectivity index (χ0n) is 21.7. The normalized spacial score (nSPS) is 14.9. The first-order chi connectivity index (χ1) is 17.3. The van der Waals surface area contributed by atoms with Crippen LogP contribution in [0.5, 0.6) is 0 Å². The number of piperidine rings is 1. The maximum atomic E-state index is 12.4. The van der Waals surface area contributed by atoms with Crippen LogP contribution in [-0.4, -0.2) is 69.6 Å². The molecular weight excluding hydrogens is 452 g/mol. The minimum Gasteiger partial charge on any atom is -0.420 e. The van der Waals surface area contributed by atoms with Gasteiger partial charge in [-0.2, -0.15) is 0 Å². The number of hydrogen-bond acceptors (Lipinski definition) is 6. The van der Waals surface area contributed by atoms with Crippen LogP contribution < -0.4 is 0 Å². The van der Waals surface area contributed by atoms with E-state index in [2.05, 4.69) is 52.2 Å². The smallest absolute Gasteiger partial charge is 0.247 e.